The summed E-state index contributed by atoms with van der Waals surface area (Å²) in [7, 11) is 1.69. The van der Waals surface area contributed by atoms with Gasteiger partial charge in [-0.15, -0.1) is 0 Å². The molecule has 0 bridgehead atoms. The molecule has 0 saturated carbocycles. The topological polar surface area (TPSA) is 55.6 Å². The van der Waals surface area contributed by atoms with Crippen LogP contribution in [0.15, 0.2) is 30.3 Å². The SMILES string of the molecule is COC1(C)CCCN(C(=O)C(C(N)=S)c2ccccc2)C1. The summed E-state index contributed by atoms with van der Waals surface area (Å²) in [5.74, 6) is -0.586. The molecule has 2 unspecified atom stereocenters. The minimum Gasteiger partial charge on any atom is -0.392 e. The summed E-state index contributed by atoms with van der Waals surface area (Å²) < 4.78 is 5.55. The molecule has 114 valence electrons. The predicted molar refractivity (Wildman–Crippen MR) is 87.2 cm³/mol. The van der Waals surface area contributed by atoms with Crippen molar-refractivity contribution < 1.29 is 9.53 Å². The van der Waals surface area contributed by atoms with E-state index in [0.717, 1.165) is 24.9 Å². The Labute approximate surface area is 131 Å². The van der Waals surface area contributed by atoms with Gasteiger partial charge in [0.2, 0.25) is 5.91 Å². The Hall–Kier alpha value is -1.46. The summed E-state index contributed by atoms with van der Waals surface area (Å²) in [6, 6.07) is 9.47. The summed E-state index contributed by atoms with van der Waals surface area (Å²) in [5.41, 5.74) is 6.39. The quantitative estimate of drug-likeness (QED) is 0.865. The number of ether oxygens (including phenoxy) is 1. The highest BCUT2D eigenvalue weighted by Crippen LogP contribution is 2.27. The third-order valence-electron chi connectivity index (χ3n) is 4.13. The molecule has 1 aromatic carbocycles. The summed E-state index contributed by atoms with van der Waals surface area (Å²) in [5, 5.41) is 0. The van der Waals surface area contributed by atoms with Crippen LogP contribution in [0.1, 0.15) is 31.2 Å². The first-order valence-corrected chi connectivity index (χ1v) is 7.56. The van der Waals surface area contributed by atoms with Crippen LogP contribution in [0.3, 0.4) is 0 Å². The van der Waals surface area contributed by atoms with E-state index >= 15 is 0 Å². The largest absolute Gasteiger partial charge is 0.392 e. The number of piperidine rings is 1. The van der Waals surface area contributed by atoms with Gasteiger partial charge in [-0.2, -0.15) is 0 Å². The number of hydrogen-bond acceptors (Lipinski definition) is 3. The van der Waals surface area contributed by atoms with Gasteiger partial charge in [0.1, 0.15) is 5.92 Å². The van der Waals surface area contributed by atoms with Crippen molar-refractivity contribution >= 4 is 23.1 Å². The maximum absolute atomic E-state index is 12.8. The summed E-state index contributed by atoms with van der Waals surface area (Å²) >= 11 is 5.13. The van der Waals surface area contributed by atoms with E-state index in [9.17, 15) is 4.79 Å². The van der Waals surface area contributed by atoms with Gasteiger partial charge in [0.15, 0.2) is 0 Å². The number of nitrogens with two attached hydrogens (primary N) is 1. The van der Waals surface area contributed by atoms with E-state index in [2.05, 4.69) is 0 Å². The van der Waals surface area contributed by atoms with Crippen LogP contribution in [0.25, 0.3) is 0 Å². The van der Waals surface area contributed by atoms with E-state index in [-0.39, 0.29) is 16.5 Å². The molecule has 2 atom stereocenters. The average molecular weight is 306 g/mol. The van der Waals surface area contributed by atoms with E-state index in [1.807, 2.05) is 42.2 Å². The predicted octanol–water partition coefficient (Wildman–Crippen LogP) is 2.08. The highest BCUT2D eigenvalue weighted by molar-refractivity contribution is 7.80. The zero-order chi connectivity index (χ0) is 15.5. The van der Waals surface area contributed by atoms with Gasteiger partial charge in [0.05, 0.1) is 10.6 Å². The lowest BCUT2D eigenvalue weighted by Gasteiger charge is -2.40. The normalized spacial score (nSPS) is 23.6. The van der Waals surface area contributed by atoms with Crippen molar-refractivity contribution in [3.8, 4) is 0 Å². The average Bonchev–Trinajstić information content (AvgIpc) is 2.48. The van der Waals surface area contributed by atoms with E-state index in [1.165, 1.54) is 0 Å². The number of carbonyl (C=O) groups excluding carboxylic acids is 1. The molecule has 1 aromatic rings. The lowest BCUT2D eigenvalue weighted by molar-refractivity contribution is -0.139. The molecule has 5 heteroatoms. The molecule has 1 fully saturated rings. The van der Waals surface area contributed by atoms with Crippen LogP contribution in [0.2, 0.25) is 0 Å². The van der Waals surface area contributed by atoms with Crippen molar-refractivity contribution in [2.75, 3.05) is 20.2 Å². The van der Waals surface area contributed by atoms with Crippen LogP contribution < -0.4 is 5.73 Å². The van der Waals surface area contributed by atoms with Crippen molar-refractivity contribution in [2.45, 2.75) is 31.3 Å². The monoisotopic (exact) mass is 306 g/mol. The van der Waals surface area contributed by atoms with Gasteiger partial charge in [0.25, 0.3) is 0 Å². The van der Waals surface area contributed by atoms with Crippen molar-refractivity contribution in [2.24, 2.45) is 5.73 Å². The Bertz CT molecular complexity index is 520. The third-order valence-corrected chi connectivity index (χ3v) is 4.36. The lowest BCUT2D eigenvalue weighted by atomic mass is 9.91. The molecule has 0 spiro atoms. The minimum absolute atomic E-state index is 0.0309. The van der Waals surface area contributed by atoms with E-state index < -0.39 is 5.92 Å². The van der Waals surface area contributed by atoms with E-state index in [1.54, 1.807) is 7.11 Å². The van der Waals surface area contributed by atoms with Gasteiger partial charge >= 0.3 is 0 Å². The van der Waals surface area contributed by atoms with Gasteiger partial charge in [-0.3, -0.25) is 4.79 Å². The molecule has 1 amide bonds. The number of methoxy groups -OCH3 is 1. The molecule has 1 saturated heterocycles. The first kappa shape index (κ1) is 15.9. The number of rotatable bonds is 4. The van der Waals surface area contributed by atoms with E-state index in [4.69, 9.17) is 22.7 Å². The highest BCUT2D eigenvalue weighted by atomic mass is 32.1. The fourth-order valence-electron chi connectivity index (χ4n) is 2.82. The van der Waals surface area contributed by atoms with Gasteiger partial charge in [0, 0.05) is 20.2 Å². The van der Waals surface area contributed by atoms with Gasteiger partial charge < -0.3 is 15.4 Å². The molecule has 4 nitrogen and oxygen atoms in total. The Kier molecular flexibility index (Phi) is 4.96. The molecule has 0 aromatic heterocycles. The lowest BCUT2D eigenvalue weighted by Crippen LogP contribution is -2.52. The van der Waals surface area contributed by atoms with Crippen LogP contribution in [0.5, 0.6) is 0 Å². The Morgan fingerprint density at radius 1 is 1.43 bits per heavy atom. The van der Waals surface area contributed by atoms with E-state index in [0.29, 0.717) is 6.54 Å². The molecular formula is C16H22N2O2S. The molecule has 1 aliphatic heterocycles. The Morgan fingerprint density at radius 2 is 2.10 bits per heavy atom. The second-order valence-electron chi connectivity index (χ2n) is 5.76. The number of nitrogens with zero attached hydrogens (tertiary/aromatic N) is 1. The minimum atomic E-state index is -0.555. The summed E-state index contributed by atoms with van der Waals surface area (Å²) in [6.07, 6.45) is 1.88. The highest BCUT2D eigenvalue weighted by Gasteiger charge is 2.36. The first-order valence-electron chi connectivity index (χ1n) is 7.15. The van der Waals surface area contributed by atoms with Crippen molar-refractivity contribution in [3.05, 3.63) is 35.9 Å². The zero-order valence-electron chi connectivity index (χ0n) is 12.5. The van der Waals surface area contributed by atoms with Crippen molar-refractivity contribution in [1.29, 1.82) is 0 Å². The summed E-state index contributed by atoms with van der Waals surface area (Å²) in [4.78, 5) is 14.9. The first-order chi connectivity index (χ1) is 9.97. The smallest absolute Gasteiger partial charge is 0.237 e. The number of likely N-dealkylation sites (tertiary alicyclic amines) is 1. The molecule has 2 N–H and O–H groups in total. The second-order valence-corrected chi connectivity index (χ2v) is 6.23. The molecule has 0 aliphatic carbocycles. The fraction of sp³-hybridized carbons (Fsp3) is 0.500. The number of thiocarbonyl (C=S) groups is 1. The van der Waals surface area contributed by atoms with Crippen LogP contribution >= 0.6 is 12.2 Å². The standard InChI is InChI=1S/C16H22N2O2S/c1-16(20-2)9-6-10-18(11-16)15(19)13(14(17)21)12-7-4-3-5-8-12/h3-5,7-8,13H,6,9-11H2,1-2H3,(H2,17,21). The summed E-state index contributed by atoms with van der Waals surface area (Å²) in [6.45, 7) is 3.34. The zero-order valence-corrected chi connectivity index (χ0v) is 13.4. The van der Waals surface area contributed by atoms with Gasteiger partial charge in [-0.1, -0.05) is 42.5 Å². The number of benzene rings is 1. The van der Waals surface area contributed by atoms with Crippen LogP contribution in [-0.4, -0.2) is 41.6 Å². The Morgan fingerprint density at radius 3 is 2.67 bits per heavy atom. The molecule has 21 heavy (non-hydrogen) atoms. The van der Waals surface area contributed by atoms with Crippen molar-refractivity contribution in [1.82, 2.24) is 4.90 Å². The molecule has 1 heterocycles. The van der Waals surface area contributed by atoms with Gasteiger partial charge in [-0.25, -0.2) is 0 Å². The van der Waals surface area contributed by atoms with Crippen LogP contribution in [-0.2, 0) is 9.53 Å². The van der Waals surface area contributed by atoms with Crippen molar-refractivity contribution in [3.63, 3.8) is 0 Å². The van der Waals surface area contributed by atoms with Crippen LogP contribution in [0.4, 0.5) is 0 Å². The van der Waals surface area contributed by atoms with Gasteiger partial charge in [-0.05, 0) is 25.3 Å². The Balaban J connectivity index is 2.22. The molecule has 2 rings (SSSR count). The molecular weight excluding hydrogens is 284 g/mol. The maximum Gasteiger partial charge on any atom is 0.237 e. The second kappa shape index (κ2) is 6.54. The third kappa shape index (κ3) is 3.60. The number of amides is 1. The maximum atomic E-state index is 12.8. The number of hydrogen-bond donors (Lipinski definition) is 1. The van der Waals surface area contributed by atoms with Crippen LogP contribution in [0, 0.1) is 0 Å². The molecule has 0 radical (unpaired) electrons. The molecule has 1 aliphatic rings. The fourth-order valence-corrected chi connectivity index (χ4v) is 3.05. The number of carbonyl (C=O) groups is 1.